The number of thioether (sulfide) groups is 1. The maximum atomic E-state index is 12.1. The SMILES string of the molecule is COC(=O)COC(=O)C1=C(CI)CS[C@@H]2C(N)C(=O)N12. The second kappa shape index (κ2) is 6.31. The van der Waals surface area contributed by atoms with E-state index >= 15 is 0 Å². The van der Waals surface area contributed by atoms with Crippen LogP contribution in [0.2, 0.25) is 0 Å². The number of rotatable bonds is 4. The van der Waals surface area contributed by atoms with E-state index in [9.17, 15) is 14.4 Å². The highest BCUT2D eigenvalue weighted by molar-refractivity contribution is 14.1. The third kappa shape index (κ3) is 2.66. The molecule has 7 nitrogen and oxygen atoms in total. The molecule has 2 heterocycles. The van der Waals surface area contributed by atoms with Gasteiger partial charge in [0.1, 0.15) is 17.1 Å². The van der Waals surface area contributed by atoms with Gasteiger partial charge in [-0.3, -0.25) is 9.69 Å². The van der Waals surface area contributed by atoms with E-state index in [2.05, 4.69) is 27.3 Å². The number of nitrogens with zero attached hydrogens (tertiary/aromatic N) is 1. The fourth-order valence-corrected chi connectivity index (χ4v) is 4.21. The Balaban J connectivity index is 2.16. The molecule has 0 aliphatic carbocycles. The van der Waals surface area contributed by atoms with E-state index < -0.39 is 24.6 Å². The van der Waals surface area contributed by atoms with Gasteiger partial charge in [-0.2, -0.15) is 0 Å². The zero-order chi connectivity index (χ0) is 14.9. The van der Waals surface area contributed by atoms with E-state index in [0.29, 0.717) is 10.2 Å². The zero-order valence-corrected chi connectivity index (χ0v) is 13.6. The Bertz CT molecular complexity index is 495. The van der Waals surface area contributed by atoms with Crippen LogP contribution in [0.5, 0.6) is 0 Å². The third-order valence-corrected chi connectivity index (χ3v) is 5.27. The lowest BCUT2D eigenvalue weighted by molar-refractivity contribution is -0.158. The minimum atomic E-state index is -0.687. The van der Waals surface area contributed by atoms with Gasteiger partial charge in [0.25, 0.3) is 0 Å². The molecular formula is C11H13IN2O5S. The van der Waals surface area contributed by atoms with E-state index in [1.807, 2.05) is 0 Å². The fraction of sp³-hybridized carbons (Fsp3) is 0.545. The number of methoxy groups -OCH3 is 1. The van der Waals surface area contributed by atoms with Crippen molar-refractivity contribution in [1.29, 1.82) is 0 Å². The van der Waals surface area contributed by atoms with Crippen molar-refractivity contribution in [2.45, 2.75) is 11.4 Å². The normalized spacial score (nSPS) is 24.9. The quantitative estimate of drug-likeness (QED) is 0.291. The number of hydrogen-bond acceptors (Lipinski definition) is 7. The molecule has 2 rings (SSSR count). The first kappa shape index (κ1) is 15.6. The first-order valence-corrected chi connectivity index (χ1v) is 8.30. The number of esters is 2. The molecule has 1 fully saturated rings. The molecule has 20 heavy (non-hydrogen) atoms. The summed E-state index contributed by atoms with van der Waals surface area (Å²) in [5.74, 6) is -1.01. The molecule has 0 aromatic rings. The van der Waals surface area contributed by atoms with Crippen LogP contribution in [0.25, 0.3) is 0 Å². The number of hydrogen-bond donors (Lipinski definition) is 1. The first-order valence-electron chi connectivity index (χ1n) is 5.73. The van der Waals surface area contributed by atoms with Gasteiger partial charge in [0.15, 0.2) is 6.61 Å². The Kier molecular flexibility index (Phi) is 4.91. The summed E-state index contributed by atoms with van der Waals surface area (Å²) in [6, 6.07) is -0.584. The van der Waals surface area contributed by atoms with Gasteiger partial charge in [0, 0.05) is 10.2 Å². The van der Waals surface area contributed by atoms with Crippen LogP contribution in [0.4, 0.5) is 0 Å². The van der Waals surface area contributed by atoms with Gasteiger partial charge < -0.3 is 15.2 Å². The molecular weight excluding hydrogens is 399 g/mol. The predicted octanol–water partition coefficient (Wildman–Crippen LogP) is -0.366. The Morgan fingerprint density at radius 2 is 2.25 bits per heavy atom. The highest BCUT2D eigenvalue weighted by atomic mass is 127. The Hall–Kier alpha value is -0.810. The minimum Gasteiger partial charge on any atom is -0.466 e. The molecule has 0 aromatic carbocycles. The van der Waals surface area contributed by atoms with Gasteiger partial charge >= 0.3 is 11.9 Å². The summed E-state index contributed by atoms with van der Waals surface area (Å²) in [5, 5.41) is -0.227. The molecule has 1 amide bonds. The van der Waals surface area contributed by atoms with Gasteiger partial charge in [-0.25, -0.2) is 9.59 Å². The van der Waals surface area contributed by atoms with Gasteiger partial charge in [0.05, 0.1) is 7.11 Å². The van der Waals surface area contributed by atoms with E-state index in [4.69, 9.17) is 10.5 Å². The summed E-state index contributed by atoms with van der Waals surface area (Å²) in [6.07, 6.45) is 0. The zero-order valence-electron chi connectivity index (χ0n) is 10.6. The van der Waals surface area contributed by atoms with E-state index in [-0.39, 0.29) is 17.0 Å². The van der Waals surface area contributed by atoms with Gasteiger partial charge in [-0.05, 0) is 5.57 Å². The topological polar surface area (TPSA) is 98.9 Å². The molecule has 0 spiro atoms. The fourth-order valence-electron chi connectivity index (χ4n) is 1.92. The van der Waals surface area contributed by atoms with Crippen molar-refractivity contribution in [2.24, 2.45) is 5.73 Å². The number of fused-ring (bicyclic) bond motifs is 1. The summed E-state index contributed by atoms with van der Waals surface area (Å²) in [5.41, 5.74) is 6.74. The number of halogens is 1. The summed E-state index contributed by atoms with van der Waals surface area (Å²) < 4.78 is 9.88. The number of carbonyl (C=O) groups excluding carboxylic acids is 3. The summed E-state index contributed by atoms with van der Waals surface area (Å²) in [6.45, 7) is -0.473. The van der Waals surface area contributed by atoms with Crippen molar-refractivity contribution in [2.75, 3.05) is 23.9 Å². The van der Waals surface area contributed by atoms with Gasteiger partial charge in [0.2, 0.25) is 5.91 Å². The van der Waals surface area contributed by atoms with Crippen molar-refractivity contribution >= 4 is 52.2 Å². The van der Waals surface area contributed by atoms with Gasteiger partial charge in [-0.1, -0.05) is 22.6 Å². The third-order valence-electron chi connectivity index (χ3n) is 2.99. The highest BCUT2D eigenvalue weighted by Crippen LogP contribution is 2.40. The molecule has 0 saturated carbocycles. The monoisotopic (exact) mass is 412 g/mol. The van der Waals surface area contributed by atoms with Crippen LogP contribution in [0.15, 0.2) is 11.3 Å². The number of β-lactam (4-membered cyclic amide) rings is 1. The summed E-state index contributed by atoms with van der Waals surface area (Å²) in [4.78, 5) is 36.3. The van der Waals surface area contributed by atoms with E-state index in [0.717, 1.165) is 5.57 Å². The number of nitrogens with two attached hydrogens (primary N) is 1. The molecule has 110 valence electrons. The average molecular weight is 412 g/mol. The Labute approximate surface area is 133 Å². The highest BCUT2D eigenvalue weighted by Gasteiger charge is 2.51. The number of ether oxygens (including phenoxy) is 2. The van der Waals surface area contributed by atoms with E-state index in [1.165, 1.54) is 23.8 Å². The Morgan fingerprint density at radius 1 is 1.55 bits per heavy atom. The summed E-state index contributed by atoms with van der Waals surface area (Å²) >= 11 is 3.64. The van der Waals surface area contributed by atoms with Crippen LogP contribution >= 0.6 is 34.4 Å². The lowest BCUT2D eigenvalue weighted by Crippen LogP contribution is -2.68. The van der Waals surface area contributed by atoms with Crippen molar-refractivity contribution in [3.8, 4) is 0 Å². The van der Waals surface area contributed by atoms with Crippen LogP contribution < -0.4 is 5.73 Å². The lowest BCUT2D eigenvalue weighted by Gasteiger charge is -2.48. The van der Waals surface area contributed by atoms with Crippen molar-refractivity contribution in [3.05, 3.63) is 11.3 Å². The lowest BCUT2D eigenvalue weighted by atomic mass is 10.0. The van der Waals surface area contributed by atoms with Crippen LogP contribution in [-0.4, -0.2) is 58.1 Å². The Morgan fingerprint density at radius 3 is 2.85 bits per heavy atom. The van der Waals surface area contributed by atoms with E-state index in [1.54, 1.807) is 0 Å². The molecule has 9 heteroatoms. The molecule has 2 N–H and O–H groups in total. The predicted molar refractivity (Wildman–Crippen MR) is 80.0 cm³/mol. The van der Waals surface area contributed by atoms with Crippen LogP contribution in [-0.2, 0) is 23.9 Å². The molecule has 1 unspecified atom stereocenters. The second-order valence-electron chi connectivity index (χ2n) is 4.17. The van der Waals surface area contributed by atoms with Crippen LogP contribution in [0.1, 0.15) is 0 Å². The second-order valence-corrected chi connectivity index (χ2v) is 6.04. The van der Waals surface area contributed by atoms with Crippen molar-refractivity contribution < 1.29 is 23.9 Å². The average Bonchev–Trinajstić information content (AvgIpc) is 2.49. The van der Waals surface area contributed by atoms with Crippen LogP contribution in [0.3, 0.4) is 0 Å². The van der Waals surface area contributed by atoms with Crippen molar-refractivity contribution in [3.63, 3.8) is 0 Å². The smallest absolute Gasteiger partial charge is 0.355 e. The maximum Gasteiger partial charge on any atom is 0.355 e. The standard InChI is InChI=1S/C11H13IN2O5S/c1-18-6(15)3-19-11(17)8-5(2-12)4-20-10-7(13)9(16)14(8)10/h7,10H,2-4,13H2,1H3/t7?,10-/m1/s1. The molecule has 2 atom stereocenters. The largest absolute Gasteiger partial charge is 0.466 e. The first-order chi connectivity index (χ1) is 9.51. The molecule has 0 bridgehead atoms. The number of alkyl halides is 1. The van der Waals surface area contributed by atoms with Crippen molar-refractivity contribution in [1.82, 2.24) is 4.90 Å². The van der Waals surface area contributed by atoms with Gasteiger partial charge in [-0.15, -0.1) is 11.8 Å². The molecule has 0 radical (unpaired) electrons. The molecule has 2 aliphatic heterocycles. The minimum absolute atomic E-state index is 0.221. The molecule has 0 aromatic heterocycles. The molecule has 1 saturated heterocycles. The number of carbonyl (C=O) groups is 3. The summed E-state index contributed by atoms with van der Waals surface area (Å²) in [7, 11) is 1.21. The maximum absolute atomic E-state index is 12.1. The molecule has 2 aliphatic rings. The number of amides is 1. The van der Waals surface area contributed by atoms with Crippen LogP contribution in [0, 0.1) is 0 Å².